The summed E-state index contributed by atoms with van der Waals surface area (Å²) in [5, 5.41) is 5.88. The van der Waals surface area contributed by atoms with Crippen LogP contribution in [0.25, 0.3) is 0 Å². The first-order valence-electron chi connectivity index (χ1n) is 15.8. The zero-order valence-corrected chi connectivity index (χ0v) is 25.1. The number of nitrogens with zero attached hydrogens (tertiary/aromatic N) is 1. The van der Waals surface area contributed by atoms with E-state index >= 15 is 0 Å². The predicted molar refractivity (Wildman–Crippen MR) is 168 cm³/mol. The van der Waals surface area contributed by atoms with Crippen LogP contribution in [0.4, 0.5) is 0 Å². The molecule has 0 spiro atoms. The van der Waals surface area contributed by atoms with Gasteiger partial charge >= 0.3 is 0 Å². The van der Waals surface area contributed by atoms with E-state index in [9.17, 15) is 19.2 Å². The molecule has 2 atom stereocenters. The summed E-state index contributed by atoms with van der Waals surface area (Å²) in [6.07, 6.45) is 8.60. The van der Waals surface area contributed by atoms with Crippen LogP contribution in [0.15, 0.2) is 84.9 Å². The molecule has 3 aromatic rings. The average Bonchev–Trinajstić information content (AvgIpc) is 3.52. The highest BCUT2D eigenvalue weighted by Crippen LogP contribution is 2.24. The van der Waals surface area contributed by atoms with Crippen LogP contribution in [0.3, 0.4) is 0 Å². The van der Waals surface area contributed by atoms with Crippen molar-refractivity contribution in [2.45, 2.75) is 82.3 Å². The van der Waals surface area contributed by atoms with Gasteiger partial charge in [0.2, 0.25) is 11.7 Å². The van der Waals surface area contributed by atoms with Gasteiger partial charge in [-0.2, -0.15) is 0 Å². The van der Waals surface area contributed by atoms with Crippen LogP contribution in [-0.2, 0) is 20.8 Å². The van der Waals surface area contributed by atoms with Gasteiger partial charge in [-0.25, -0.2) is 0 Å². The van der Waals surface area contributed by atoms with Crippen molar-refractivity contribution in [1.82, 2.24) is 15.5 Å². The quantitative estimate of drug-likeness (QED) is 0.297. The first kappa shape index (κ1) is 31.0. The van der Waals surface area contributed by atoms with Gasteiger partial charge in [0.1, 0.15) is 23.6 Å². The minimum Gasteiger partial charge on any atom is -0.457 e. The number of rotatable bonds is 10. The summed E-state index contributed by atoms with van der Waals surface area (Å²) in [7, 11) is 0. The standard InChI is InChI=1S/C36H41N3O5/c40-33(35(42)37-28-17-8-2-1-3-9-18-28)32-22-13-23-39(32)36(43)31(24-26-14-6-4-7-15-26)38-34(41)27-16-12-21-30(25-27)44-29-19-10-5-11-20-29/h4-7,10-12,14-16,19-21,25,28,31-32H,1-3,8-9,13,17-18,22-24H2,(H,37,42)(H,38,41)/t31-,32-/m0/s1. The summed E-state index contributed by atoms with van der Waals surface area (Å²) in [6.45, 7) is 0.355. The van der Waals surface area contributed by atoms with Gasteiger partial charge in [0, 0.05) is 24.6 Å². The van der Waals surface area contributed by atoms with Crippen LogP contribution < -0.4 is 15.4 Å². The van der Waals surface area contributed by atoms with Crippen LogP contribution in [0.2, 0.25) is 0 Å². The molecule has 1 saturated carbocycles. The minimum absolute atomic E-state index is 0.0101. The van der Waals surface area contributed by atoms with Crippen LogP contribution >= 0.6 is 0 Å². The number of benzene rings is 3. The van der Waals surface area contributed by atoms with Crippen LogP contribution in [0.5, 0.6) is 11.5 Å². The van der Waals surface area contributed by atoms with E-state index in [-0.39, 0.29) is 18.4 Å². The Balaban J connectivity index is 1.29. The minimum atomic E-state index is -0.925. The molecule has 0 aromatic heterocycles. The molecule has 1 aliphatic heterocycles. The third-order valence-electron chi connectivity index (χ3n) is 8.46. The lowest BCUT2D eigenvalue weighted by atomic mass is 9.96. The third-order valence-corrected chi connectivity index (χ3v) is 8.46. The summed E-state index contributed by atoms with van der Waals surface area (Å²) >= 11 is 0. The molecule has 2 aliphatic rings. The van der Waals surface area contributed by atoms with E-state index in [0.29, 0.717) is 36.4 Å². The molecule has 1 aliphatic carbocycles. The number of amides is 3. The summed E-state index contributed by atoms with van der Waals surface area (Å²) in [5.74, 6) is -0.844. The summed E-state index contributed by atoms with van der Waals surface area (Å²) < 4.78 is 5.90. The zero-order chi connectivity index (χ0) is 30.7. The molecular formula is C36H41N3O5. The normalized spacial score (nSPS) is 18.0. The van der Waals surface area contributed by atoms with E-state index in [2.05, 4.69) is 10.6 Å². The fourth-order valence-corrected chi connectivity index (χ4v) is 6.13. The first-order chi connectivity index (χ1) is 21.5. The number of likely N-dealkylation sites (tertiary alicyclic amines) is 1. The van der Waals surface area contributed by atoms with Gasteiger partial charge in [0.15, 0.2) is 0 Å². The first-order valence-corrected chi connectivity index (χ1v) is 15.8. The predicted octanol–water partition coefficient (Wildman–Crippen LogP) is 5.61. The van der Waals surface area contributed by atoms with Crippen molar-refractivity contribution in [1.29, 1.82) is 0 Å². The molecule has 1 saturated heterocycles. The highest BCUT2D eigenvalue weighted by molar-refractivity contribution is 6.38. The number of Topliss-reactive ketones (excluding diaryl/α,β-unsaturated/α-hetero) is 1. The Morgan fingerprint density at radius 2 is 1.41 bits per heavy atom. The van der Waals surface area contributed by atoms with Gasteiger partial charge in [0.25, 0.3) is 11.8 Å². The molecule has 8 nitrogen and oxygen atoms in total. The second kappa shape index (κ2) is 15.3. The molecule has 2 N–H and O–H groups in total. The van der Waals surface area contributed by atoms with E-state index in [1.54, 1.807) is 24.3 Å². The van der Waals surface area contributed by atoms with Crippen molar-refractivity contribution in [2.24, 2.45) is 0 Å². The van der Waals surface area contributed by atoms with Crippen molar-refractivity contribution in [3.05, 3.63) is 96.1 Å². The second-order valence-electron chi connectivity index (χ2n) is 11.7. The fourth-order valence-electron chi connectivity index (χ4n) is 6.13. The van der Waals surface area contributed by atoms with Gasteiger partial charge in [-0.3, -0.25) is 19.2 Å². The van der Waals surface area contributed by atoms with Gasteiger partial charge < -0.3 is 20.3 Å². The Kier molecular flexibility index (Phi) is 10.8. The zero-order valence-electron chi connectivity index (χ0n) is 25.1. The fraction of sp³-hybridized carbons (Fsp3) is 0.389. The summed E-state index contributed by atoms with van der Waals surface area (Å²) in [6, 6.07) is 23.7. The topological polar surface area (TPSA) is 105 Å². The van der Waals surface area contributed by atoms with Gasteiger partial charge in [-0.05, 0) is 61.6 Å². The monoisotopic (exact) mass is 595 g/mol. The molecule has 8 heteroatoms. The van der Waals surface area contributed by atoms with Crippen molar-refractivity contribution in [2.75, 3.05) is 6.54 Å². The Hall–Kier alpha value is -4.46. The molecule has 3 amide bonds. The van der Waals surface area contributed by atoms with Crippen LogP contribution in [0.1, 0.15) is 73.7 Å². The lowest BCUT2D eigenvalue weighted by molar-refractivity contribution is -0.145. The highest BCUT2D eigenvalue weighted by atomic mass is 16.5. The lowest BCUT2D eigenvalue weighted by Gasteiger charge is -2.29. The molecule has 3 aromatic carbocycles. The number of ketones is 1. The molecule has 0 radical (unpaired) electrons. The largest absolute Gasteiger partial charge is 0.457 e. The Morgan fingerprint density at radius 1 is 0.750 bits per heavy atom. The smallest absolute Gasteiger partial charge is 0.289 e. The Labute approximate surface area is 259 Å². The Morgan fingerprint density at radius 3 is 2.14 bits per heavy atom. The number of ether oxygens (including phenoxy) is 1. The molecule has 44 heavy (non-hydrogen) atoms. The SMILES string of the molecule is O=C(NC1CCCCCCC1)C(=O)[C@@H]1CCCN1C(=O)[C@H](Cc1ccccc1)NC(=O)c1cccc(Oc2ccccc2)c1. The molecule has 0 bridgehead atoms. The van der Waals surface area contributed by atoms with Gasteiger partial charge in [0.05, 0.1) is 0 Å². The van der Waals surface area contributed by atoms with E-state index in [1.165, 1.54) is 11.3 Å². The number of carbonyl (C=O) groups is 4. The molecule has 5 rings (SSSR count). The van der Waals surface area contributed by atoms with Crippen LogP contribution in [-0.4, -0.2) is 53.1 Å². The van der Waals surface area contributed by atoms with Crippen LogP contribution in [0, 0.1) is 0 Å². The lowest BCUT2D eigenvalue weighted by Crippen LogP contribution is -2.55. The number of hydrogen-bond acceptors (Lipinski definition) is 5. The summed E-state index contributed by atoms with van der Waals surface area (Å²) in [5.41, 5.74) is 1.22. The molecular weight excluding hydrogens is 554 g/mol. The van der Waals surface area contributed by atoms with Crippen molar-refractivity contribution < 1.29 is 23.9 Å². The summed E-state index contributed by atoms with van der Waals surface area (Å²) in [4.78, 5) is 55.5. The number of carbonyl (C=O) groups excluding carboxylic acids is 4. The van der Waals surface area contributed by atoms with E-state index in [1.807, 2.05) is 60.7 Å². The third kappa shape index (κ3) is 8.34. The highest BCUT2D eigenvalue weighted by Gasteiger charge is 2.40. The van der Waals surface area contributed by atoms with Crippen molar-refractivity contribution in [3.8, 4) is 11.5 Å². The molecule has 1 heterocycles. The Bertz CT molecular complexity index is 1420. The molecule has 0 unspecified atom stereocenters. The maximum atomic E-state index is 14.0. The van der Waals surface area contributed by atoms with Crippen molar-refractivity contribution >= 4 is 23.5 Å². The number of para-hydroxylation sites is 1. The van der Waals surface area contributed by atoms with Gasteiger partial charge in [-0.15, -0.1) is 0 Å². The van der Waals surface area contributed by atoms with Gasteiger partial charge in [-0.1, -0.05) is 86.7 Å². The number of hydrogen-bond donors (Lipinski definition) is 2. The van der Waals surface area contributed by atoms with Crippen molar-refractivity contribution in [3.63, 3.8) is 0 Å². The average molecular weight is 596 g/mol. The maximum absolute atomic E-state index is 14.0. The number of nitrogens with one attached hydrogen (secondary N) is 2. The molecule has 230 valence electrons. The second-order valence-corrected chi connectivity index (χ2v) is 11.7. The maximum Gasteiger partial charge on any atom is 0.289 e. The molecule has 2 fully saturated rings. The van der Waals surface area contributed by atoms with E-state index in [4.69, 9.17) is 4.74 Å². The van der Waals surface area contributed by atoms with E-state index < -0.39 is 29.7 Å². The van der Waals surface area contributed by atoms with E-state index in [0.717, 1.165) is 44.1 Å².